The number of benzene rings is 2. The summed E-state index contributed by atoms with van der Waals surface area (Å²) in [4.78, 5) is 28.8. The number of aryl methyl sites for hydroxylation is 1. The molecule has 5 rings (SSSR count). The summed E-state index contributed by atoms with van der Waals surface area (Å²) in [5.74, 6) is 0.194. The molecule has 2 aromatic rings. The number of hydrogen-bond donors (Lipinski definition) is 2. The van der Waals surface area contributed by atoms with Crippen LogP contribution in [0.1, 0.15) is 77.8 Å². The number of rotatable bonds is 6. The topological polar surface area (TPSA) is 115 Å². The van der Waals surface area contributed by atoms with Gasteiger partial charge in [-0.15, -0.1) is 0 Å². The van der Waals surface area contributed by atoms with Crippen molar-refractivity contribution in [2.24, 2.45) is 5.92 Å². The molecule has 2 N–H and O–H groups in total. The van der Waals surface area contributed by atoms with Crippen LogP contribution < -0.4 is 19.7 Å². The predicted octanol–water partition coefficient (Wildman–Crippen LogP) is 6.72. The van der Waals surface area contributed by atoms with Gasteiger partial charge in [-0.2, -0.15) is 0 Å². The number of halogens is 1. The Morgan fingerprint density at radius 3 is 2.61 bits per heavy atom. The highest BCUT2D eigenvalue weighted by atomic mass is 35.5. The summed E-state index contributed by atoms with van der Waals surface area (Å²) in [5.41, 5.74) is 1.94. The van der Waals surface area contributed by atoms with Crippen molar-refractivity contribution in [2.45, 2.75) is 95.8 Å². The van der Waals surface area contributed by atoms with E-state index in [1.54, 1.807) is 26.0 Å². The Morgan fingerprint density at radius 2 is 1.92 bits per heavy atom. The Bertz CT molecular complexity index is 1480. The van der Waals surface area contributed by atoms with E-state index in [9.17, 15) is 13.8 Å². The molecular weight excluding hydrogens is 666 g/mol. The summed E-state index contributed by atoms with van der Waals surface area (Å²) in [5, 5.41) is 3.58. The Balaban J connectivity index is 0.00000265. The lowest BCUT2D eigenvalue weighted by atomic mass is 9.91. The smallest absolute Gasteiger partial charge is 0.408 e. The van der Waals surface area contributed by atoms with Gasteiger partial charge in [0.1, 0.15) is 17.5 Å². The second kappa shape index (κ2) is 18.2. The molecule has 1 saturated heterocycles. The fourth-order valence-electron chi connectivity index (χ4n) is 6.08. The van der Waals surface area contributed by atoms with Crippen LogP contribution in [0.3, 0.4) is 0 Å². The average molecular weight is 718 g/mol. The number of carbonyl (C=O) groups is 2. The van der Waals surface area contributed by atoms with Crippen molar-refractivity contribution < 1.29 is 32.7 Å². The molecule has 0 spiro atoms. The first-order chi connectivity index (χ1) is 23.6. The van der Waals surface area contributed by atoms with Crippen LogP contribution in [0.2, 0.25) is 5.02 Å². The van der Waals surface area contributed by atoms with E-state index < -0.39 is 34.7 Å². The van der Waals surface area contributed by atoms with Gasteiger partial charge in [0.05, 0.1) is 43.1 Å². The highest BCUT2D eigenvalue weighted by molar-refractivity contribution is 7.83. The number of nitrogens with zero attached hydrogens (tertiary/aromatic N) is 1. The summed E-state index contributed by atoms with van der Waals surface area (Å²) < 4.78 is 39.6. The predicted molar refractivity (Wildman–Crippen MR) is 194 cm³/mol. The summed E-state index contributed by atoms with van der Waals surface area (Å²) in [6.45, 7) is 14.3. The molecule has 3 aliphatic rings. The van der Waals surface area contributed by atoms with Gasteiger partial charge in [-0.25, -0.2) is 9.00 Å². The first-order valence-corrected chi connectivity index (χ1v) is 19.0. The van der Waals surface area contributed by atoms with Gasteiger partial charge < -0.3 is 29.2 Å². The molecule has 3 aliphatic heterocycles. The Kier molecular flexibility index (Phi) is 14.4. The van der Waals surface area contributed by atoms with E-state index in [-0.39, 0.29) is 24.5 Å². The van der Waals surface area contributed by atoms with Crippen LogP contribution in [0.15, 0.2) is 53.4 Å². The molecule has 4 unspecified atom stereocenters. The number of fused-ring (bicyclic) bond motifs is 1. The van der Waals surface area contributed by atoms with Crippen molar-refractivity contribution in [3.8, 4) is 5.75 Å². The molecule has 0 radical (unpaired) electrons. The van der Waals surface area contributed by atoms with Crippen molar-refractivity contribution in [1.29, 1.82) is 0 Å². The van der Waals surface area contributed by atoms with Crippen molar-refractivity contribution in [3.05, 3.63) is 64.7 Å². The molecule has 0 saturated carbocycles. The standard InChI is InChI=1S/C35H46ClN3O7S.C2H6/c1-5-8-24-17-26(36)10-12-29(24)25-19-39-15-14-23(6-2)31(46-34(41)37-27-21-43-22-27)9-7-16-45-35(3,4)33(40)38-47(42)28-11-13-32(44-20-25)30(39)18-28;1-2/h7,9-13,17-18,23,25,27,31H,5-6,8,14-16,19-22H2,1-4H3,(H,37,41)(H,38,40);1-2H3/b9-7+;. The Hall–Kier alpha value is -3.12. The van der Waals surface area contributed by atoms with Crippen LogP contribution >= 0.6 is 11.6 Å². The van der Waals surface area contributed by atoms with E-state index in [2.05, 4.69) is 34.9 Å². The quantitative estimate of drug-likeness (QED) is 0.317. The lowest BCUT2D eigenvalue weighted by molar-refractivity contribution is -0.139. The van der Waals surface area contributed by atoms with Gasteiger partial charge in [0, 0.05) is 29.9 Å². The molecule has 49 heavy (non-hydrogen) atoms. The number of anilines is 1. The van der Waals surface area contributed by atoms with Gasteiger partial charge in [0.15, 0.2) is 11.0 Å². The third kappa shape index (κ3) is 10.2. The highest BCUT2D eigenvalue weighted by Crippen LogP contribution is 2.38. The van der Waals surface area contributed by atoms with Crippen LogP contribution in [-0.4, -0.2) is 73.5 Å². The largest absolute Gasteiger partial charge is 0.491 e. The molecule has 2 amide bonds. The number of ether oxygens (including phenoxy) is 4. The van der Waals surface area contributed by atoms with Crippen LogP contribution in [0.25, 0.3) is 0 Å². The van der Waals surface area contributed by atoms with Crippen LogP contribution in [0.4, 0.5) is 10.5 Å². The summed E-state index contributed by atoms with van der Waals surface area (Å²) >= 11 is 6.41. The van der Waals surface area contributed by atoms with E-state index in [0.29, 0.717) is 55.0 Å². The number of hydrogen-bond acceptors (Lipinski definition) is 8. The fraction of sp³-hybridized carbons (Fsp3) is 0.568. The SMILES string of the molecule is CC.CCCc1cc(Cl)ccc1C1COc2ccc3cc2N(CCC(CC)C(OC(=O)NC2COC2)/C=C/COC(C)(C)C(=O)NS3=O)C1. The second-order valence-corrected chi connectivity index (χ2v) is 14.5. The fourth-order valence-corrected chi connectivity index (χ4v) is 7.22. The molecule has 0 aliphatic carbocycles. The van der Waals surface area contributed by atoms with Gasteiger partial charge in [0.25, 0.3) is 5.91 Å². The minimum absolute atomic E-state index is 0.0200. The van der Waals surface area contributed by atoms with Gasteiger partial charge in [-0.05, 0) is 80.6 Å². The third-order valence-corrected chi connectivity index (χ3v) is 10.3. The maximum atomic E-state index is 13.4. The van der Waals surface area contributed by atoms with Crippen molar-refractivity contribution in [1.82, 2.24) is 10.0 Å². The van der Waals surface area contributed by atoms with E-state index in [4.69, 9.17) is 30.5 Å². The molecule has 270 valence electrons. The molecule has 1 fully saturated rings. The molecule has 2 aromatic carbocycles. The molecule has 0 aromatic heterocycles. The second-order valence-electron chi connectivity index (χ2n) is 12.8. The van der Waals surface area contributed by atoms with Crippen molar-refractivity contribution in [3.63, 3.8) is 0 Å². The average Bonchev–Trinajstić information content (AvgIpc) is 3.24. The van der Waals surface area contributed by atoms with E-state index >= 15 is 0 Å². The number of amides is 2. The number of carbonyl (C=O) groups excluding carboxylic acids is 2. The van der Waals surface area contributed by atoms with E-state index in [0.717, 1.165) is 24.9 Å². The first kappa shape index (κ1) is 38.7. The summed E-state index contributed by atoms with van der Waals surface area (Å²) in [7, 11) is -1.82. The van der Waals surface area contributed by atoms with Crippen LogP contribution in [0.5, 0.6) is 5.75 Å². The highest BCUT2D eigenvalue weighted by Gasteiger charge is 2.33. The summed E-state index contributed by atoms with van der Waals surface area (Å²) in [6, 6.07) is 11.4. The van der Waals surface area contributed by atoms with Crippen LogP contribution in [-0.2, 0) is 36.4 Å². The molecule has 4 atom stereocenters. The minimum atomic E-state index is -1.82. The van der Waals surface area contributed by atoms with E-state index in [1.807, 2.05) is 44.2 Å². The van der Waals surface area contributed by atoms with Gasteiger partial charge >= 0.3 is 6.09 Å². The Labute approximate surface area is 298 Å². The lowest BCUT2D eigenvalue weighted by Gasteiger charge is -2.32. The maximum Gasteiger partial charge on any atom is 0.408 e. The minimum Gasteiger partial charge on any atom is -0.491 e. The monoisotopic (exact) mass is 717 g/mol. The first-order valence-electron chi connectivity index (χ1n) is 17.5. The van der Waals surface area contributed by atoms with Gasteiger partial charge in [-0.1, -0.05) is 57.9 Å². The van der Waals surface area contributed by atoms with Crippen molar-refractivity contribution >= 4 is 40.3 Å². The molecule has 10 nitrogen and oxygen atoms in total. The number of nitrogens with one attached hydrogen (secondary N) is 2. The van der Waals surface area contributed by atoms with Crippen LogP contribution in [0, 0.1) is 5.92 Å². The zero-order valence-corrected chi connectivity index (χ0v) is 31.2. The summed E-state index contributed by atoms with van der Waals surface area (Å²) in [6.07, 6.45) is 5.95. The Morgan fingerprint density at radius 1 is 1.14 bits per heavy atom. The molecule has 2 bridgehead atoms. The molecular formula is C37H52ClN3O7S. The van der Waals surface area contributed by atoms with Gasteiger partial charge in [0.2, 0.25) is 0 Å². The van der Waals surface area contributed by atoms with Crippen molar-refractivity contribution in [2.75, 3.05) is 44.4 Å². The molecule has 3 heterocycles. The normalized spacial score (nSPS) is 24.9. The molecule has 12 heteroatoms. The van der Waals surface area contributed by atoms with Gasteiger partial charge in [-0.3, -0.25) is 9.52 Å². The zero-order chi connectivity index (χ0) is 35.6. The zero-order valence-electron chi connectivity index (χ0n) is 29.6. The maximum absolute atomic E-state index is 13.4. The lowest BCUT2D eigenvalue weighted by Crippen LogP contribution is -2.49. The van der Waals surface area contributed by atoms with E-state index in [1.165, 1.54) is 11.1 Å². The number of alkyl carbamates (subject to hydrolysis) is 1. The third-order valence-electron chi connectivity index (χ3n) is 8.99.